The third-order valence-electron chi connectivity index (χ3n) is 4.33. The van der Waals surface area contributed by atoms with E-state index in [2.05, 4.69) is 10.3 Å². The van der Waals surface area contributed by atoms with Crippen LogP contribution < -0.4 is 16.6 Å². The summed E-state index contributed by atoms with van der Waals surface area (Å²) >= 11 is 0. The maximum Gasteiger partial charge on any atom is 0.328 e. The Morgan fingerprint density at radius 3 is 2.59 bits per heavy atom. The lowest BCUT2D eigenvalue weighted by molar-refractivity contribution is -0.152. The van der Waals surface area contributed by atoms with E-state index < -0.39 is 47.3 Å². The number of amides is 1. The van der Waals surface area contributed by atoms with Gasteiger partial charge in [0.2, 0.25) is 0 Å². The zero-order valence-corrected chi connectivity index (χ0v) is 14.0. The highest BCUT2D eigenvalue weighted by molar-refractivity contribution is 5.94. The second-order valence-electron chi connectivity index (χ2n) is 6.20. The van der Waals surface area contributed by atoms with Crippen LogP contribution in [0.5, 0.6) is 0 Å². The van der Waals surface area contributed by atoms with Gasteiger partial charge in [-0.2, -0.15) is 0 Å². The van der Waals surface area contributed by atoms with Crippen molar-refractivity contribution in [3.63, 3.8) is 0 Å². The zero-order chi connectivity index (χ0) is 19.6. The second-order valence-corrected chi connectivity index (χ2v) is 6.20. The van der Waals surface area contributed by atoms with Crippen LogP contribution in [-0.2, 0) is 11.3 Å². The number of halogens is 1. The monoisotopic (exact) mass is 379 g/mol. The van der Waals surface area contributed by atoms with Crippen molar-refractivity contribution in [1.82, 2.24) is 14.9 Å². The molecule has 4 atom stereocenters. The lowest BCUT2D eigenvalue weighted by Gasteiger charge is -2.38. The molecule has 1 aromatic heterocycles. The van der Waals surface area contributed by atoms with Gasteiger partial charge in [0.05, 0.1) is 19.2 Å². The van der Waals surface area contributed by atoms with E-state index in [0.717, 1.165) is 22.8 Å². The van der Waals surface area contributed by atoms with Crippen molar-refractivity contribution in [2.24, 2.45) is 0 Å². The van der Waals surface area contributed by atoms with E-state index in [4.69, 9.17) is 4.74 Å². The highest BCUT2D eigenvalue weighted by Crippen LogP contribution is 2.17. The molecule has 27 heavy (non-hydrogen) atoms. The Balaban J connectivity index is 1.64. The maximum atomic E-state index is 12.9. The van der Waals surface area contributed by atoms with Gasteiger partial charge in [-0.3, -0.25) is 19.1 Å². The van der Waals surface area contributed by atoms with E-state index in [0.29, 0.717) is 0 Å². The number of aromatic nitrogens is 2. The van der Waals surface area contributed by atoms with Crippen LogP contribution in [0.25, 0.3) is 0 Å². The molecule has 2 aromatic rings. The van der Waals surface area contributed by atoms with Crippen LogP contribution >= 0.6 is 0 Å². The summed E-state index contributed by atoms with van der Waals surface area (Å²) in [4.78, 5) is 37.0. The highest BCUT2D eigenvalue weighted by Gasteiger charge is 2.39. The third kappa shape index (κ3) is 4.30. The van der Waals surface area contributed by atoms with E-state index in [1.54, 1.807) is 0 Å². The number of ether oxygens (including phenoxy) is 1. The number of nitrogens with one attached hydrogen (secondary N) is 2. The van der Waals surface area contributed by atoms with Gasteiger partial charge in [-0.25, -0.2) is 9.18 Å². The average Bonchev–Trinajstić information content (AvgIpc) is 2.63. The Morgan fingerprint density at radius 2 is 1.93 bits per heavy atom. The summed E-state index contributed by atoms with van der Waals surface area (Å²) in [6, 6.07) is 5.12. The number of carbonyl (C=O) groups is 1. The molecule has 0 unspecified atom stereocenters. The topological polar surface area (TPSA) is 134 Å². The fourth-order valence-electron chi connectivity index (χ4n) is 2.80. The lowest BCUT2D eigenvalue weighted by Crippen LogP contribution is -2.60. The first-order valence-corrected chi connectivity index (χ1v) is 8.19. The third-order valence-corrected chi connectivity index (χ3v) is 4.33. The van der Waals surface area contributed by atoms with E-state index in [9.17, 15) is 29.0 Å². The molecule has 0 spiro atoms. The van der Waals surface area contributed by atoms with E-state index in [1.165, 1.54) is 18.3 Å². The molecule has 0 saturated carbocycles. The minimum absolute atomic E-state index is 0.0908. The van der Waals surface area contributed by atoms with Gasteiger partial charge >= 0.3 is 5.69 Å². The Labute approximate surface area is 152 Å². The standard InChI is InChI=1S/C17H18FN3O6/c18-10-3-1-9(2-4-10)16(25)19-11-8-27-12(15(24)14(11)23)7-21-6-5-13(22)20-17(21)26/h1-6,11-12,14-15,23-24H,7-8H2,(H,19,25)(H,20,22,26)/t11-,12-,14+,15-/m1/s1. The Hall–Kier alpha value is -2.82. The number of hydrogen-bond donors (Lipinski definition) is 4. The number of aliphatic hydroxyl groups excluding tert-OH is 2. The number of H-pyrrole nitrogens is 1. The van der Waals surface area contributed by atoms with Crippen molar-refractivity contribution in [2.75, 3.05) is 6.61 Å². The van der Waals surface area contributed by atoms with Crippen LogP contribution in [0.4, 0.5) is 4.39 Å². The molecule has 0 aliphatic carbocycles. The van der Waals surface area contributed by atoms with Gasteiger partial charge in [-0.15, -0.1) is 0 Å². The van der Waals surface area contributed by atoms with Crippen LogP contribution in [0.1, 0.15) is 10.4 Å². The molecule has 144 valence electrons. The number of hydrogen-bond acceptors (Lipinski definition) is 6. The van der Waals surface area contributed by atoms with Crippen LogP contribution in [0.2, 0.25) is 0 Å². The molecule has 10 heteroatoms. The van der Waals surface area contributed by atoms with Crippen molar-refractivity contribution in [2.45, 2.75) is 30.9 Å². The fraction of sp³-hybridized carbons (Fsp3) is 0.353. The molecule has 4 N–H and O–H groups in total. The molecule has 0 radical (unpaired) electrons. The fourth-order valence-corrected chi connectivity index (χ4v) is 2.80. The van der Waals surface area contributed by atoms with Gasteiger partial charge in [0.1, 0.15) is 24.1 Å². The van der Waals surface area contributed by atoms with Gasteiger partial charge in [-0.05, 0) is 24.3 Å². The summed E-state index contributed by atoms with van der Waals surface area (Å²) < 4.78 is 19.5. The number of rotatable bonds is 4. The van der Waals surface area contributed by atoms with Crippen molar-refractivity contribution in [3.05, 3.63) is 68.7 Å². The van der Waals surface area contributed by atoms with Gasteiger partial charge in [0, 0.05) is 17.8 Å². The zero-order valence-electron chi connectivity index (χ0n) is 14.0. The number of carbonyl (C=O) groups excluding carboxylic acids is 1. The molecule has 1 saturated heterocycles. The van der Waals surface area contributed by atoms with Crippen LogP contribution in [-0.4, -0.2) is 56.6 Å². The summed E-state index contributed by atoms with van der Waals surface area (Å²) in [6.45, 7) is -0.194. The van der Waals surface area contributed by atoms with Gasteiger partial charge in [0.25, 0.3) is 11.5 Å². The molecule has 1 aliphatic rings. The predicted molar refractivity (Wildman–Crippen MR) is 90.7 cm³/mol. The summed E-state index contributed by atoms with van der Waals surface area (Å²) in [5.74, 6) is -1.03. The Kier molecular flexibility index (Phi) is 5.49. The van der Waals surface area contributed by atoms with E-state index >= 15 is 0 Å². The molecule has 9 nitrogen and oxygen atoms in total. The van der Waals surface area contributed by atoms with Crippen LogP contribution in [0.3, 0.4) is 0 Å². The van der Waals surface area contributed by atoms with Crippen molar-refractivity contribution in [1.29, 1.82) is 0 Å². The second kappa shape index (κ2) is 7.82. The summed E-state index contributed by atoms with van der Waals surface area (Å²) in [5, 5.41) is 23.1. The minimum Gasteiger partial charge on any atom is -0.388 e. The first-order valence-electron chi connectivity index (χ1n) is 8.19. The maximum absolute atomic E-state index is 12.9. The molecule has 1 aromatic carbocycles. The number of aromatic amines is 1. The molecule has 1 aliphatic heterocycles. The van der Waals surface area contributed by atoms with Gasteiger partial charge in [0.15, 0.2) is 0 Å². The Morgan fingerprint density at radius 1 is 1.22 bits per heavy atom. The molecule has 0 bridgehead atoms. The SMILES string of the molecule is O=C(N[C@@H]1CO[C@H](Cn2ccc(=O)[nH]c2=O)[C@@H](O)[C@H]1O)c1ccc(F)cc1. The summed E-state index contributed by atoms with van der Waals surface area (Å²) in [7, 11) is 0. The number of nitrogens with zero attached hydrogens (tertiary/aromatic N) is 1. The molecular weight excluding hydrogens is 361 g/mol. The summed E-state index contributed by atoms with van der Waals surface area (Å²) in [5.41, 5.74) is -1.02. The van der Waals surface area contributed by atoms with E-state index in [-0.39, 0.29) is 18.7 Å². The molecule has 2 heterocycles. The minimum atomic E-state index is -1.38. The highest BCUT2D eigenvalue weighted by atomic mass is 19.1. The number of aliphatic hydroxyl groups is 2. The van der Waals surface area contributed by atoms with Crippen molar-refractivity contribution in [3.8, 4) is 0 Å². The normalized spacial score (nSPS) is 25.1. The summed E-state index contributed by atoms with van der Waals surface area (Å²) in [6.07, 6.45) is -2.38. The van der Waals surface area contributed by atoms with Gasteiger partial charge in [-0.1, -0.05) is 0 Å². The largest absolute Gasteiger partial charge is 0.388 e. The number of benzene rings is 1. The van der Waals surface area contributed by atoms with Crippen molar-refractivity contribution >= 4 is 5.91 Å². The smallest absolute Gasteiger partial charge is 0.328 e. The molecular formula is C17H18FN3O6. The first kappa shape index (κ1) is 19.0. The van der Waals surface area contributed by atoms with E-state index in [1.807, 2.05) is 0 Å². The lowest BCUT2D eigenvalue weighted by atomic mass is 9.97. The Bertz CT molecular complexity index is 925. The molecule has 1 amide bonds. The predicted octanol–water partition coefficient (Wildman–Crippen LogP) is -1.41. The van der Waals surface area contributed by atoms with Gasteiger partial charge < -0.3 is 20.3 Å². The van der Waals surface area contributed by atoms with Crippen LogP contribution in [0.15, 0.2) is 46.1 Å². The molecule has 1 fully saturated rings. The quantitative estimate of drug-likeness (QED) is 0.516. The first-order chi connectivity index (χ1) is 12.8. The average molecular weight is 379 g/mol. The van der Waals surface area contributed by atoms with Crippen molar-refractivity contribution < 1.29 is 24.1 Å². The molecule has 3 rings (SSSR count). The van der Waals surface area contributed by atoms with Crippen LogP contribution in [0, 0.1) is 5.82 Å².